The molecule has 0 unspecified atom stereocenters. The number of carbonyl (C=O) groups is 1. The quantitative estimate of drug-likeness (QED) is 0.812. The maximum absolute atomic E-state index is 11.6. The van der Waals surface area contributed by atoms with E-state index in [4.69, 9.17) is 9.15 Å². The lowest BCUT2D eigenvalue weighted by molar-refractivity contribution is -0.147. The van der Waals surface area contributed by atoms with Crippen molar-refractivity contribution < 1.29 is 13.9 Å². The normalized spacial score (nSPS) is 16.4. The zero-order valence-corrected chi connectivity index (χ0v) is 13.6. The number of hydrogen-bond donors (Lipinski definition) is 0. The number of benzene rings is 1. The van der Waals surface area contributed by atoms with E-state index in [1.54, 1.807) is 6.26 Å². The molecule has 1 aromatic heterocycles. The minimum absolute atomic E-state index is 0.0383. The molecule has 0 atom stereocenters. The molecule has 1 aliphatic heterocycles. The van der Waals surface area contributed by atoms with Gasteiger partial charge in [-0.1, -0.05) is 17.7 Å². The summed E-state index contributed by atoms with van der Waals surface area (Å²) >= 11 is 0. The fourth-order valence-electron chi connectivity index (χ4n) is 3.01. The highest BCUT2D eigenvalue weighted by atomic mass is 16.5. The van der Waals surface area contributed by atoms with E-state index in [9.17, 15) is 4.79 Å². The highest BCUT2D eigenvalue weighted by Crippen LogP contribution is 2.23. The Morgan fingerprint density at radius 1 is 1.39 bits per heavy atom. The molecule has 23 heavy (non-hydrogen) atoms. The lowest BCUT2D eigenvalue weighted by Gasteiger charge is -2.29. The minimum Gasteiger partial charge on any atom is -0.469 e. The maximum Gasteiger partial charge on any atom is 0.308 e. The van der Waals surface area contributed by atoms with Gasteiger partial charge in [0.2, 0.25) is 5.89 Å². The van der Waals surface area contributed by atoms with Crippen LogP contribution in [0.25, 0.3) is 11.5 Å². The van der Waals surface area contributed by atoms with Crippen LogP contribution in [0.15, 0.2) is 34.9 Å². The highest BCUT2D eigenvalue weighted by Gasteiger charge is 2.25. The lowest BCUT2D eigenvalue weighted by atomic mass is 9.97. The van der Waals surface area contributed by atoms with E-state index in [0.717, 1.165) is 43.7 Å². The van der Waals surface area contributed by atoms with Crippen LogP contribution in [0.4, 0.5) is 0 Å². The number of rotatable bonds is 4. The molecular weight excluding hydrogens is 292 g/mol. The van der Waals surface area contributed by atoms with Crippen molar-refractivity contribution in [2.75, 3.05) is 20.2 Å². The third-order valence-corrected chi connectivity index (χ3v) is 4.32. The molecule has 1 aliphatic rings. The first-order chi connectivity index (χ1) is 11.2. The second kappa shape index (κ2) is 6.96. The number of aromatic nitrogens is 1. The van der Waals surface area contributed by atoms with E-state index >= 15 is 0 Å². The molecule has 0 aliphatic carbocycles. The third-order valence-electron chi connectivity index (χ3n) is 4.32. The van der Waals surface area contributed by atoms with Gasteiger partial charge in [0.1, 0.15) is 6.26 Å². The Bertz CT molecular complexity index is 672. The van der Waals surface area contributed by atoms with Gasteiger partial charge < -0.3 is 9.15 Å². The van der Waals surface area contributed by atoms with Crippen LogP contribution in [0.3, 0.4) is 0 Å². The van der Waals surface area contributed by atoms with Crippen LogP contribution < -0.4 is 0 Å². The minimum atomic E-state index is -0.0900. The van der Waals surface area contributed by atoms with Crippen molar-refractivity contribution in [1.82, 2.24) is 9.88 Å². The van der Waals surface area contributed by atoms with Gasteiger partial charge in [0, 0.05) is 12.1 Å². The summed E-state index contributed by atoms with van der Waals surface area (Å²) < 4.78 is 10.4. The number of oxazole rings is 1. The van der Waals surface area contributed by atoms with E-state index in [0.29, 0.717) is 5.89 Å². The van der Waals surface area contributed by atoms with Gasteiger partial charge in [-0.3, -0.25) is 9.69 Å². The predicted octanol–water partition coefficient (Wildman–Crippen LogP) is 3.04. The van der Waals surface area contributed by atoms with Gasteiger partial charge in [0.15, 0.2) is 0 Å². The number of ether oxygens (including phenoxy) is 1. The van der Waals surface area contributed by atoms with E-state index in [1.807, 2.05) is 12.1 Å². The first kappa shape index (κ1) is 15.7. The number of hydrogen-bond acceptors (Lipinski definition) is 5. The number of nitrogens with zero attached hydrogens (tertiary/aromatic N) is 2. The summed E-state index contributed by atoms with van der Waals surface area (Å²) in [6, 6.07) is 8.13. The average molecular weight is 314 g/mol. The summed E-state index contributed by atoms with van der Waals surface area (Å²) in [7, 11) is 1.46. The Hall–Kier alpha value is -2.14. The molecular formula is C18H22N2O3. The van der Waals surface area contributed by atoms with Crippen molar-refractivity contribution in [2.45, 2.75) is 26.3 Å². The Morgan fingerprint density at radius 3 is 2.87 bits per heavy atom. The van der Waals surface area contributed by atoms with Gasteiger partial charge >= 0.3 is 5.97 Å². The molecule has 0 spiro atoms. The molecule has 2 heterocycles. The van der Waals surface area contributed by atoms with Crippen molar-refractivity contribution in [1.29, 1.82) is 0 Å². The molecule has 0 saturated carbocycles. The van der Waals surface area contributed by atoms with Gasteiger partial charge in [0.05, 0.1) is 18.7 Å². The second-order valence-corrected chi connectivity index (χ2v) is 6.09. The molecule has 2 aromatic rings. The molecule has 1 fully saturated rings. The zero-order chi connectivity index (χ0) is 16.2. The highest BCUT2D eigenvalue weighted by molar-refractivity contribution is 5.72. The standard InChI is InChI=1S/C18H22N2O3/c1-13-4-3-5-15(10-13)17-19-16(12-23-17)11-20-8-6-14(7-9-20)18(21)22-2/h3-5,10,12,14H,6-9,11H2,1-2H3. The molecule has 0 bridgehead atoms. The number of esters is 1. The summed E-state index contributed by atoms with van der Waals surface area (Å²) in [5, 5.41) is 0. The van der Waals surface area contributed by atoms with Crippen LogP contribution in [0, 0.1) is 12.8 Å². The van der Waals surface area contributed by atoms with E-state index < -0.39 is 0 Å². The van der Waals surface area contributed by atoms with Gasteiger partial charge in [-0.2, -0.15) is 0 Å². The Balaban J connectivity index is 1.59. The van der Waals surface area contributed by atoms with Crippen molar-refractivity contribution in [3.8, 4) is 11.5 Å². The molecule has 0 radical (unpaired) electrons. The molecule has 5 nitrogen and oxygen atoms in total. The summed E-state index contributed by atoms with van der Waals surface area (Å²) in [6.45, 7) is 4.57. The van der Waals surface area contributed by atoms with Crippen molar-refractivity contribution in [3.63, 3.8) is 0 Å². The summed E-state index contributed by atoms with van der Waals surface area (Å²) in [5.74, 6) is 0.609. The number of likely N-dealkylation sites (tertiary alicyclic amines) is 1. The van der Waals surface area contributed by atoms with Crippen LogP contribution >= 0.6 is 0 Å². The topological polar surface area (TPSA) is 55.6 Å². The largest absolute Gasteiger partial charge is 0.469 e. The van der Waals surface area contributed by atoms with E-state index in [-0.39, 0.29) is 11.9 Å². The van der Waals surface area contributed by atoms with Crippen LogP contribution in [-0.2, 0) is 16.1 Å². The summed E-state index contributed by atoms with van der Waals surface area (Å²) in [5.41, 5.74) is 3.12. The molecule has 1 aromatic carbocycles. The van der Waals surface area contributed by atoms with Gasteiger partial charge in [-0.15, -0.1) is 0 Å². The number of piperidine rings is 1. The van der Waals surface area contributed by atoms with Crippen LogP contribution in [-0.4, -0.2) is 36.1 Å². The van der Waals surface area contributed by atoms with Gasteiger partial charge in [-0.05, 0) is 45.0 Å². The SMILES string of the molecule is COC(=O)C1CCN(Cc2coc(-c3cccc(C)c3)n2)CC1. The average Bonchev–Trinajstić information content (AvgIpc) is 3.03. The second-order valence-electron chi connectivity index (χ2n) is 6.09. The Kier molecular flexibility index (Phi) is 4.76. The van der Waals surface area contributed by atoms with Gasteiger partial charge in [-0.25, -0.2) is 4.98 Å². The third kappa shape index (κ3) is 3.79. The van der Waals surface area contributed by atoms with Gasteiger partial charge in [0.25, 0.3) is 0 Å². The van der Waals surface area contributed by atoms with Crippen LogP contribution in [0.2, 0.25) is 0 Å². The summed E-state index contributed by atoms with van der Waals surface area (Å²) in [4.78, 5) is 18.4. The predicted molar refractivity (Wildman–Crippen MR) is 86.7 cm³/mol. The molecule has 0 amide bonds. The Morgan fingerprint density at radius 2 is 2.17 bits per heavy atom. The van der Waals surface area contributed by atoms with E-state index in [1.165, 1.54) is 12.7 Å². The molecule has 0 N–H and O–H groups in total. The van der Waals surface area contributed by atoms with Crippen LogP contribution in [0.1, 0.15) is 24.1 Å². The number of aryl methyl sites for hydroxylation is 1. The van der Waals surface area contributed by atoms with Crippen molar-refractivity contribution in [3.05, 3.63) is 41.8 Å². The molecule has 1 saturated heterocycles. The van der Waals surface area contributed by atoms with Crippen molar-refractivity contribution in [2.24, 2.45) is 5.92 Å². The first-order valence-electron chi connectivity index (χ1n) is 7.97. The lowest BCUT2D eigenvalue weighted by Crippen LogP contribution is -2.36. The smallest absolute Gasteiger partial charge is 0.308 e. The first-order valence-corrected chi connectivity index (χ1v) is 7.97. The zero-order valence-electron chi connectivity index (χ0n) is 13.6. The number of methoxy groups -OCH3 is 1. The Labute approximate surface area is 136 Å². The van der Waals surface area contributed by atoms with Crippen molar-refractivity contribution >= 4 is 5.97 Å². The van der Waals surface area contributed by atoms with E-state index in [2.05, 4.69) is 28.9 Å². The fourth-order valence-corrected chi connectivity index (χ4v) is 3.01. The van der Waals surface area contributed by atoms with Crippen LogP contribution in [0.5, 0.6) is 0 Å². The fraction of sp³-hybridized carbons (Fsp3) is 0.444. The maximum atomic E-state index is 11.6. The molecule has 3 rings (SSSR count). The molecule has 122 valence electrons. The molecule has 5 heteroatoms. The number of carbonyl (C=O) groups excluding carboxylic acids is 1. The monoisotopic (exact) mass is 314 g/mol. The summed E-state index contributed by atoms with van der Waals surface area (Å²) in [6.07, 6.45) is 3.41.